The summed E-state index contributed by atoms with van der Waals surface area (Å²) in [5.41, 5.74) is 0. The van der Waals surface area contributed by atoms with Crippen LogP contribution in [0.5, 0.6) is 0 Å². The molecule has 8 heteroatoms. The molecule has 0 bridgehead atoms. The second-order valence-corrected chi connectivity index (χ2v) is 6.83. The molecule has 1 heterocycles. The standard InChI is InChI=1S/C8H13BrN2O3S2/c1-6(4-15-2)11-16(12,13)5-7-3-8(9)10-14-7/h3,6,11H,4-5H2,1-2H3. The highest BCUT2D eigenvalue weighted by Crippen LogP contribution is 2.12. The fraction of sp³-hybridized carbons (Fsp3) is 0.625. The van der Waals surface area contributed by atoms with Crippen molar-refractivity contribution in [3.05, 3.63) is 16.4 Å². The van der Waals surface area contributed by atoms with Crippen molar-refractivity contribution in [2.24, 2.45) is 0 Å². The molecule has 0 saturated carbocycles. The molecule has 1 atom stereocenters. The monoisotopic (exact) mass is 328 g/mol. The van der Waals surface area contributed by atoms with E-state index in [9.17, 15) is 8.42 Å². The van der Waals surface area contributed by atoms with Gasteiger partial charge in [0.1, 0.15) is 10.4 Å². The fourth-order valence-corrected chi connectivity index (χ4v) is 3.48. The zero-order valence-corrected chi connectivity index (χ0v) is 12.2. The van der Waals surface area contributed by atoms with E-state index in [-0.39, 0.29) is 11.8 Å². The minimum Gasteiger partial charge on any atom is -0.359 e. The molecule has 1 aromatic heterocycles. The number of hydrogen-bond acceptors (Lipinski definition) is 5. The molecule has 0 aromatic carbocycles. The fourth-order valence-electron chi connectivity index (χ4n) is 1.18. The van der Waals surface area contributed by atoms with Crippen LogP contribution in [0.25, 0.3) is 0 Å². The first-order chi connectivity index (χ1) is 7.43. The van der Waals surface area contributed by atoms with E-state index in [4.69, 9.17) is 4.52 Å². The number of thioether (sulfide) groups is 1. The SMILES string of the molecule is CSCC(C)NS(=O)(=O)Cc1cc(Br)no1. The van der Waals surface area contributed by atoms with Crippen LogP contribution in [0.4, 0.5) is 0 Å². The molecule has 5 nitrogen and oxygen atoms in total. The summed E-state index contributed by atoms with van der Waals surface area (Å²) in [6, 6.07) is 1.45. The zero-order valence-electron chi connectivity index (χ0n) is 8.94. The first kappa shape index (κ1) is 14.0. The lowest BCUT2D eigenvalue weighted by molar-refractivity contribution is 0.388. The number of rotatable bonds is 6. The predicted octanol–water partition coefficient (Wildman–Crippen LogP) is 1.61. The van der Waals surface area contributed by atoms with E-state index in [0.29, 0.717) is 10.4 Å². The highest BCUT2D eigenvalue weighted by atomic mass is 79.9. The van der Waals surface area contributed by atoms with Gasteiger partial charge in [-0.05, 0) is 29.1 Å². The molecule has 0 saturated heterocycles. The maximum absolute atomic E-state index is 11.7. The summed E-state index contributed by atoms with van der Waals surface area (Å²) < 4.78 is 31.2. The number of sulfonamides is 1. The third kappa shape index (κ3) is 4.86. The van der Waals surface area contributed by atoms with Crippen molar-refractivity contribution >= 4 is 37.7 Å². The van der Waals surface area contributed by atoms with Crippen molar-refractivity contribution in [2.45, 2.75) is 18.7 Å². The van der Waals surface area contributed by atoms with Crippen molar-refractivity contribution in [3.63, 3.8) is 0 Å². The van der Waals surface area contributed by atoms with Gasteiger partial charge in [-0.15, -0.1) is 0 Å². The second-order valence-electron chi connectivity index (χ2n) is 3.35. The molecule has 1 rings (SSSR count). The topological polar surface area (TPSA) is 72.2 Å². The van der Waals surface area contributed by atoms with Crippen molar-refractivity contribution in [3.8, 4) is 0 Å². The van der Waals surface area contributed by atoms with Gasteiger partial charge in [-0.1, -0.05) is 5.16 Å². The van der Waals surface area contributed by atoms with Crippen molar-refractivity contribution in [1.29, 1.82) is 0 Å². The van der Waals surface area contributed by atoms with Gasteiger partial charge in [-0.25, -0.2) is 13.1 Å². The smallest absolute Gasteiger partial charge is 0.219 e. The summed E-state index contributed by atoms with van der Waals surface area (Å²) in [4.78, 5) is 0. The minimum atomic E-state index is -3.36. The van der Waals surface area contributed by atoms with Gasteiger partial charge in [0.25, 0.3) is 0 Å². The molecule has 0 spiro atoms. The summed E-state index contributed by atoms with van der Waals surface area (Å²) >= 11 is 4.68. The van der Waals surface area contributed by atoms with Crippen LogP contribution < -0.4 is 4.72 Å². The Balaban J connectivity index is 2.58. The van der Waals surface area contributed by atoms with Crippen LogP contribution in [0.3, 0.4) is 0 Å². The highest BCUT2D eigenvalue weighted by Gasteiger charge is 2.17. The predicted molar refractivity (Wildman–Crippen MR) is 67.8 cm³/mol. The molecule has 1 aromatic rings. The lowest BCUT2D eigenvalue weighted by Gasteiger charge is -2.11. The van der Waals surface area contributed by atoms with E-state index >= 15 is 0 Å². The summed E-state index contributed by atoms with van der Waals surface area (Å²) in [5, 5.41) is 3.56. The van der Waals surface area contributed by atoms with Crippen LogP contribution in [0.1, 0.15) is 12.7 Å². The van der Waals surface area contributed by atoms with Crippen molar-refractivity contribution in [1.82, 2.24) is 9.88 Å². The van der Waals surface area contributed by atoms with Gasteiger partial charge < -0.3 is 4.52 Å². The van der Waals surface area contributed by atoms with E-state index in [1.165, 1.54) is 0 Å². The Labute approximate surface area is 108 Å². The average Bonchev–Trinajstić information content (AvgIpc) is 2.49. The lowest BCUT2D eigenvalue weighted by atomic mass is 10.4. The molecule has 0 aliphatic rings. The number of hydrogen-bond donors (Lipinski definition) is 1. The maximum atomic E-state index is 11.7. The number of nitrogens with zero attached hydrogens (tertiary/aromatic N) is 1. The summed E-state index contributed by atoms with van der Waals surface area (Å²) in [7, 11) is -3.36. The van der Waals surface area contributed by atoms with E-state index in [1.807, 2.05) is 13.2 Å². The highest BCUT2D eigenvalue weighted by molar-refractivity contribution is 9.10. The molecule has 0 radical (unpaired) electrons. The molecule has 0 fully saturated rings. The quantitative estimate of drug-likeness (QED) is 0.858. The summed E-state index contributed by atoms with van der Waals surface area (Å²) in [6.07, 6.45) is 1.93. The Hall–Kier alpha value is -0.0500. The van der Waals surface area contributed by atoms with E-state index in [1.54, 1.807) is 17.8 Å². The van der Waals surface area contributed by atoms with E-state index in [2.05, 4.69) is 25.8 Å². The molecule has 1 N–H and O–H groups in total. The van der Waals surface area contributed by atoms with Gasteiger partial charge >= 0.3 is 0 Å². The summed E-state index contributed by atoms with van der Waals surface area (Å²) in [5.74, 6) is 0.861. The zero-order chi connectivity index (χ0) is 12.2. The molecule has 0 amide bonds. The van der Waals surface area contributed by atoms with Gasteiger partial charge in [-0.3, -0.25) is 0 Å². The Kier molecular flexibility index (Phi) is 5.29. The first-order valence-electron chi connectivity index (χ1n) is 4.53. The second kappa shape index (κ2) is 6.04. The Morgan fingerprint density at radius 2 is 2.38 bits per heavy atom. The molecule has 16 heavy (non-hydrogen) atoms. The minimum absolute atomic E-state index is 0.0913. The van der Waals surface area contributed by atoms with Crippen LogP contribution in [-0.4, -0.2) is 31.6 Å². The Morgan fingerprint density at radius 1 is 1.69 bits per heavy atom. The molecule has 0 aliphatic carbocycles. The molecule has 92 valence electrons. The molecular formula is C8H13BrN2O3S2. The van der Waals surface area contributed by atoms with Gasteiger partial charge in [0.15, 0.2) is 5.76 Å². The normalized spacial score (nSPS) is 13.9. The van der Waals surface area contributed by atoms with E-state index < -0.39 is 10.0 Å². The Bertz CT molecular complexity index is 432. The molecule has 1 unspecified atom stereocenters. The van der Waals surface area contributed by atoms with Crippen LogP contribution in [0.15, 0.2) is 15.2 Å². The van der Waals surface area contributed by atoms with Crippen LogP contribution in [0.2, 0.25) is 0 Å². The van der Waals surface area contributed by atoms with Crippen LogP contribution in [0, 0.1) is 0 Å². The van der Waals surface area contributed by atoms with Crippen LogP contribution >= 0.6 is 27.7 Å². The summed E-state index contributed by atoms with van der Waals surface area (Å²) in [6.45, 7) is 1.82. The van der Waals surface area contributed by atoms with Crippen molar-refractivity contribution < 1.29 is 12.9 Å². The largest absolute Gasteiger partial charge is 0.359 e. The molecule has 0 aliphatic heterocycles. The van der Waals surface area contributed by atoms with Gasteiger partial charge in [0.2, 0.25) is 10.0 Å². The maximum Gasteiger partial charge on any atom is 0.219 e. The molecular weight excluding hydrogens is 316 g/mol. The van der Waals surface area contributed by atoms with Gasteiger partial charge in [0.05, 0.1) is 0 Å². The van der Waals surface area contributed by atoms with Crippen molar-refractivity contribution in [2.75, 3.05) is 12.0 Å². The third-order valence-electron chi connectivity index (χ3n) is 1.66. The average molecular weight is 329 g/mol. The van der Waals surface area contributed by atoms with Crippen LogP contribution in [-0.2, 0) is 15.8 Å². The number of halogens is 1. The number of aromatic nitrogens is 1. The van der Waals surface area contributed by atoms with Gasteiger partial charge in [-0.2, -0.15) is 11.8 Å². The third-order valence-corrected chi connectivity index (χ3v) is 4.29. The lowest BCUT2D eigenvalue weighted by Crippen LogP contribution is -2.35. The first-order valence-corrected chi connectivity index (χ1v) is 8.37. The van der Waals surface area contributed by atoms with E-state index in [0.717, 1.165) is 5.75 Å². The Morgan fingerprint density at radius 3 is 2.88 bits per heavy atom. The number of nitrogens with one attached hydrogen (secondary N) is 1. The van der Waals surface area contributed by atoms with Gasteiger partial charge in [0, 0.05) is 17.9 Å².